The number of hydrogen-bond donors (Lipinski definition) is 0. The van der Waals surface area contributed by atoms with Crippen LogP contribution in [0.1, 0.15) is 0 Å². The Labute approximate surface area is 329 Å². The molecule has 52 heavy (non-hydrogen) atoms. The molecule has 0 bridgehead atoms. The summed E-state index contributed by atoms with van der Waals surface area (Å²) in [5, 5.41) is 0. The molecule has 0 aromatic rings. The van der Waals surface area contributed by atoms with Gasteiger partial charge in [0, 0.05) is 118 Å². The highest BCUT2D eigenvalue weighted by Crippen LogP contribution is 1.92. The predicted octanol–water partition coefficient (Wildman–Crippen LogP) is 0.0974. The maximum atomic E-state index is 2.54. The highest BCUT2D eigenvalue weighted by atomic mass is 15.2. The van der Waals surface area contributed by atoms with Crippen LogP contribution < -0.4 is 0 Å². The number of rotatable bonds is 27. The molecule has 320 valence electrons. The van der Waals surface area contributed by atoms with Gasteiger partial charge in [0.1, 0.15) is 0 Å². The van der Waals surface area contributed by atoms with Gasteiger partial charge in [-0.05, 0) is 148 Å². The molecule has 0 saturated heterocycles. The third kappa shape index (κ3) is 58.8. The van der Waals surface area contributed by atoms with Gasteiger partial charge < -0.3 is 58.8 Å². The Morgan fingerprint density at radius 1 is 0.154 bits per heavy atom. The van der Waals surface area contributed by atoms with Crippen LogP contribution in [0.15, 0.2) is 0 Å². The molecule has 0 saturated carbocycles. The molecule has 13 heteroatoms. The molecule has 0 aromatic heterocycles. The van der Waals surface area contributed by atoms with Crippen molar-refractivity contribution in [2.75, 3.05) is 266 Å². The zero-order valence-electron chi connectivity index (χ0n) is 39.5. The molecule has 0 rings (SSSR count). The summed E-state index contributed by atoms with van der Waals surface area (Å²) in [5.74, 6) is 0. The van der Waals surface area contributed by atoms with Crippen molar-refractivity contribution in [3.05, 3.63) is 0 Å². The lowest BCUT2D eigenvalue weighted by atomic mass is 10.4. The Morgan fingerprint density at radius 3 is 0.423 bits per heavy atom. The van der Waals surface area contributed by atoms with Gasteiger partial charge >= 0.3 is 0 Å². The molecular weight excluding hydrogens is 651 g/mol. The quantitative estimate of drug-likeness (QED) is 0.114. The monoisotopic (exact) mass is 750 g/mol. The van der Waals surface area contributed by atoms with Gasteiger partial charge in [0.2, 0.25) is 0 Å². The minimum Gasteiger partial charge on any atom is -0.308 e. The van der Waals surface area contributed by atoms with E-state index in [0.717, 1.165) is 118 Å². The number of nitrogens with zero attached hydrogens (tertiary/aromatic N) is 13. The molecule has 0 aliphatic heterocycles. The molecule has 0 aliphatic carbocycles. The summed E-state index contributed by atoms with van der Waals surface area (Å²) in [5.41, 5.74) is 0. The van der Waals surface area contributed by atoms with E-state index < -0.39 is 0 Å². The lowest BCUT2D eigenvalue weighted by molar-refractivity contribution is 0.201. The van der Waals surface area contributed by atoms with Gasteiger partial charge in [-0.3, -0.25) is 4.90 Å². The Bertz CT molecular complexity index is 623. The first kappa shape index (κ1) is 58.2. The highest BCUT2D eigenvalue weighted by Gasteiger charge is 2.07. The van der Waals surface area contributed by atoms with E-state index in [9.17, 15) is 0 Å². The molecule has 0 unspecified atom stereocenters. The van der Waals surface area contributed by atoms with Crippen LogP contribution >= 0.6 is 0 Å². The first-order valence-electron chi connectivity index (χ1n) is 19.6. The molecule has 0 fully saturated rings. The Balaban J connectivity index is -0.000000304. The third-order valence-electron chi connectivity index (χ3n) is 8.16. The second-order valence-corrected chi connectivity index (χ2v) is 17.0. The maximum absolute atomic E-state index is 2.54. The molecule has 0 aromatic carbocycles. The number of hydrogen-bond acceptors (Lipinski definition) is 13. The highest BCUT2D eigenvalue weighted by molar-refractivity contribution is 4.63. The van der Waals surface area contributed by atoms with Crippen LogP contribution in [0, 0.1) is 0 Å². The first-order valence-corrected chi connectivity index (χ1v) is 19.6. The van der Waals surface area contributed by atoms with Crippen LogP contribution in [0.4, 0.5) is 0 Å². The van der Waals surface area contributed by atoms with E-state index >= 15 is 0 Å². The lowest BCUT2D eigenvalue weighted by Crippen LogP contribution is -2.40. The summed E-state index contributed by atoms with van der Waals surface area (Å²) in [6.07, 6.45) is 0. The molecule has 13 nitrogen and oxygen atoms in total. The van der Waals surface area contributed by atoms with Gasteiger partial charge in [0.15, 0.2) is 0 Å². The maximum Gasteiger partial charge on any atom is 0.0110 e. The van der Waals surface area contributed by atoms with Crippen LogP contribution in [0.25, 0.3) is 0 Å². The second-order valence-electron chi connectivity index (χ2n) is 17.0. The van der Waals surface area contributed by atoms with E-state index in [-0.39, 0.29) is 0 Å². The topological polar surface area (TPSA) is 42.1 Å². The minimum absolute atomic E-state index is 1.14. The van der Waals surface area contributed by atoms with Crippen LogP contribution in [0.2, 0.25) is 0 Å². The summed E-state index contributed by atoms with van der Waals surface area (Å²) >= 11 is 0. The normalized spacial score (nSPS) is 12.1. The first-order chi connectivity index (χ1) is 24.0. The van der Waals surface area contributed by atoms with Crippen molar-refractivity contribution < 1.29 is 0 Å². The summed E-state index contributed by atoms with van der Waals surface area (Å²) in [6, 6.07) is 0. The van der Waals surface area contributed by atoms with Crippen LogP contribution in [0.3, 0.4) is 0 Å². The fourth-order valence-corrected chi connectivity index (χ4v) is 3.92. The van der Waals surface area contributed by atoms with E-state index in [0.29, 0.717) is 0 Å². The molecule has 0 atom stereocenters. The second kappa shape index (κ2) is 38.7. The zero-order chi connectivity index (χ0) is 41.2. The van der Waals surface area contributed by atoms with E-state index in [1.165, 1.54) is 0 Å². The standard InChI is InChI=1S/2C12H30N4.C9H23N3.C6H16N2/c1-13(2)7-10-16(11-8-14(3)4)12-9-15(5)6;1-13(2)7-9-15(5)11-12-16(6)10-8-14(3)4;1-10(2)6-8-12(5)9-7-11(3)4;1-7(2)5-6-8(3)4/h2*7-12H2,1-6H3;6-9H2,1-5H3;5-6H2,1-4H3. The summed E-state index contributed by atoms with van der Waals surface area (Å²) in [7, 11) is 44.7. The van der Waals surface area contributed by atoms with Crippen LogP contribution in [0.5, 0.6) is 0 Å². The van der Waals surface area contributed by atoms with Crippen molar-refractivity contribution in [1.82, 2.24) is 63.7 Å². The molecule has 0 radical (unpaired) electrons. The smallest absolute Gasteiger partial charge is 0.0110 e. The van der Waals surface area contributed by atoms with Crippen LogP contribution in [-0.2, 0) is 0 Å². The van der Waals surface area contributed by atoms with Crippen molar-refractivity contribution in [2.24, 2.45) is 0 Å². The molecule has 0 amide bonds. The molecule has 0 N–H and O–H groups in total. The van der Waals surface area contributed by atoms with Gasteiger partial charge in [-0.1, -0.05) is 0 Å². The summed E-state index contributed by atoms with van der Waals surface area (Å²) in [4.78, 5) is 29.7. The molecular formula is C39H99N13. The van der Waals surface area contributed by atoms with E-state index in [4.69, 9.17) is 0 Å². The van der Waals surface area contributed by atoms with E-state index in [2.05, 4.69) is 212 Å². The fraction of sp³-hybridized carbons (Fsp3) is 1.00. The van der Waals surface area contributed by atoms with Crippen molar-refractivity contribution in [1.29, 1.82) is 0 Å². The van der Waals surface area contributed by atoms with Crippen molar-refractivity contribution >= 4 is 0 Å². The van der Waals surface area contributed by atoms with Crippen molar-refractivity contribution in [3.63, 3.8) is 0 Å². The fourth-order valence-electron chi connectivity index (χ4n) is 3.92. The zero-order valence-corrected chi connectivity index (χ0v) is 39.5. The minimum atomic E-state index is 1.14. The largest absolute Gasteiger partial charge is 0.308 e. The molecule has 0 aliphatic rings. The third-order valence-corrected chi connectivity index (χ3v) is 8.16. The van der Waals surface area contributed by atoms with Gasteiger partial charge in [-0.15, -0.1) is 0 Å². The summed E-state index contributed by atoms with van der Waals surface area (Å²) in [6.45, 7) is 20.7. The van der Waals surface area contributed by atoms with Gasteiger partial charge in [-0.2, -0.15) is 0 Å². The Hall–Kier alpha value is -0.520. The lowest BCUT2D eigenvalue weighted by Gasteiger charge is -2.26. The van der Waals surface area contributed by atoms with Gasteiger partial charge in [0.25, 0.3) is 0 Å². The average Bonchev–Trinajstić information content (AvgIpc) is 3.02. The van der Waals surface area contributed by atoms with Crippen LogP contribution in [-0.4, -0.2) is 330 Å². The van der Waals surface area contributed by atoms with E-state index in [1.54, 1.807) is 0 Å². The van der Waals surface area contributed by atoms with Crippen molar-refractivity contribution in [2.45, 2.75) is 0 Å². The number of likely N-dealkylation sites (N-methyl/N-ethyl adjacent to an activating group) is 12. The van der Waals surface area contributed by atoms with Crippen molar-refractivity contribution in [3.8, 4) is 0 Å². The Morgan fingerprint density at radius 2 is 0.269 bits per heavy atom. The summed E-state index contributed by atoms with van der Waals surface area (Å²) < 4.78 is 0. The average molecular weight is 750 g/mol. The predicted molar refractivity (Wildman–Crippen MR) is 236 cm³/mol. The Kier molecular flexibility index (Phi) is 43.4. The van der Waals surface area contributed by atoms with Gasteiger partial charge in [-0.25, -0.2) is 0 Å². The SMILES string of the molecule is CN(C)CCN(C)C.CN(C)CCN(C)CCN(C)C.CN(C)CCN(C)CCN(C)CCN(C)C.CN(C)CCN(CCN(C)C)CCN(C)C. The van der Waals surface area contributed by atoms with Gasteiger partial charge in [0.05, 0.1) is 0 Å². The molecule has 0 heterocycles. The van der Waals surface area contributed by atoms with E-state index in [1.807, 2.05) is 0 Å². The molecule has 0 spiro atoms.